The lowest BCUT2D eigenvalue weighted by molar-refractivity contribution is 0.526. The second kappa shape index (κ2) is 4.30. The summed E-state index contributed by atoms with van der Waals surface area (Å²) >= 11 is 4.47. The lowest BCUT2D eigenvalue weighted by Gasteiger charge is -2.22. The highest BCUT2D eigenvalue weighted by Crippen LogP contribution is 2.31. The molecule has 0 spiro atoms. The van der Waals surface area contributed by atoms with E-state index in [1.54, 1.807) is 0 Å². The van der Waals surface area contributed by atoms with E-state index in [0.29, 0.717) is 5.92 Å². The summed E-state index contributed by atoms with van der Waals surface area (Å²) in [4.78, 5) is 0. The normalized spacial score (nSPS) is 15.7. The van der Waals surface area contributed by atoms with Crippen LogP contribution in [0.4, 0.5) is 0 Å². The first-order valence-electron chi connectivity index (χ1n) is 2.85. The van der Waals surface area contributed by atoms with Crippen LogP contribution in [-0.4, -0.2) is 8.10 Å². The van der Waals surface area contributed by atoms with Gasteiger partial charge in [0.2, 0.25) is 0 Å². The van der Waals surface area contributed by atoms with Gasteiger partial charge in [0, 0.05) is 0 Å². The summed E-state index contributed by atoms with van der Waals surface area (Å²) in [6.07, 6.45) is 1.00. The Kier molecular flexibility index (Phi) is 4.96. The maximum Gasteiger partial charge on any atom is 0.122 e. The van der Waals surface area contributed by atoms with Crippen molar-refractivity contribution in [2.75, 3.05) is 6.54 Å². The van der Waals surface area contributed by atoms with Gasteiger partial charge in [-0.3, -0.25) is 0 Å². The first-order valence-corrected chi connectivity index (χ1v) is 5.01. The van der Waals surface area contributed by atoms with Crippen molar-refractivity contribution in [3.05, 3.63) is 0 Å². The zero-order valence-electron chi connectivity index (χ0n) is 5.40. The molecule has 1 unspecified atom stereocenters. The van der Waals surface area contributed by atoms with E-state index in [1.807, 2.05) is 0 Å². The molecule has 4 N–H and O–H groups in total. The summed E-state index contributed by atoms with van der Waals surface area (Å²) in [6.45, 7) is 2.85. The lowest BCUT2D eigenvalue weighted by atomic mass is 10.1. The SMILES string of the molecule is CC(CCN)C(N)(I)I. The van der Waals surface area contributed by atoms with E-state index in [2.05, 4.69) is 52.1 Å². The molecule has 0 amide bonds. The number of hydrogen-bond donors (Lipinski definition) is 2. The largest absolute Gasteiger partial charge is 0.330 e. The number of nitrogens with two attached hydrogens (primary N) is 2. The van der Waals surface area contributed by atoms with E-state index in [1.165, 1.54) is 0 Å². The Bertz CT molecular complexity index is 79.5. The second-order valence-corrected chi connectivity index (χ2v) is 7.79. The van der Waals surface area contributed by atoms with Crippen LogP contribution in [0, 0.1) is 5.92 Å². The van der Waals surface area contributed by atoms with Gasteiger partial charge in [0.15, 0.2) is 0 Å². The molecule has 1 atom stereocenters. The van der Waals surface area contributed by atoms with E-state index in [9.17, 15) is 0 Å². The summed E-state index contributed by atoms with van der Waals surface area (Å²) in [5.74, 6) is 0.490. The molecule has 0 fully saturated rings. The van der Waals surface area contributed by atoms with Crippen LogP contribution in [0.1, 0.15) is 13.3 Å². The Morgan fingerprint density at radius 3 is 2.11 bits per heavy atom. The molecule has 0 heterocycles. The minimum atomic E-state index is -0.130. The number of halogens is 2. The summed E-state index contributed by atoms with van der Waals surface area (Å²) in [6, 6.07) is 0. The first-order chi connectivity index (χ1) is 3.98. The molecular formula is C5H12I2N2. The zero-order chi connectivity index (χ0) is 7.49. The van der Waals surface area contributed by atoms with Gasteiger partial charge < -0.3 is 11.5 Å². The Hall–Kier alpha value is 1.38. The third-order valence-corrected chi connectivity index (χ3v) is 3.38. The Morgan fingerprint density at radius 1 is 1.56 bits per heavy atom. The summed E-state index contributed by atoms with van der Waals surface area (Å²) < 4.78 is -0.130. The quantitative estimate of drug-likeness (QED) is 0.458. The fourth-order valence-electron chi connectivity index (χ4n) is 0.442. The van der Waals surface area contributed by atoms with E-state index in [-0.39, 0.29) is 1.55 Å². The van der Waals surface area contributed by atoms with Crippen LogP contribution in [0.3, 0.4) is 0 Å². The molecule has 4 heteroatoms. The third-order valence-electron chi connectivity index (χ3n) is 1.26. The molecular weight excluding hydrogens is 342 g/mol. The van der Waals surface area contributed by atoms with E-state index >= 15 is 0 Å². The molecule has 2 nitrogen and oxygen atoms in total. The Morgan fingerprint density at radius 2 is 2.00 bits per heavy atom. The summed E-state index contributed by atoms with van der Waals surface area (Å²) in [7, 11) is 0. The van der Waals surface area contributed by atoms with Crippen molar-refractivity contribution in [1.29, 1.82) is 0 Å². The van der Waals surface area contributed by atoms with Crippen molar-refractivity contribution in [2.45, 2.75) is 14.9 Å². The summed E-state index contributed by atoms with van der Waals surface area (Å²) in [5, 5.41) is 0. The van der Waals surface area contributed by atoms with Crippen LogP contribution in [0.5, 0.6) is 0 Å². The van der Waals surface area contributed by atoms with Gasteiger partial charge in [-0.2, -0.15) is 0 Å². The highest BCUT2D eigenvalue weighted by molar-refractivity contribution is 14.2. The van der Waals surface area contributed by atoms with Gasteiger partial charge in [0.1, 0.15) is 1.55 Å². The van der Waals surface area contributed by atoms with E-state index < -0.39 is 0 Å². The van der Waals surface area contributed by atoms with Crippen molar-refractivity contribution in [3.8, 4) is 0 Å². The smallest absolute Gasteiger partial charge is 0.122 e. The van der Waals surface area contributed by atoms with Crippen LogP contribution < -0.4 is 11.5 Å². The highest BCUT2D eigenvalue weighted by Gasteiger charge is 2.23. The highest BCUT2D eigenvalue weighted by atomic mass is 127. The molecule has 56 valence electrons. The molecule has 0 aromatic rings. The maximum absolute atomic E-state index is 5.78. The van der Waals surface area contributed by atoms with Crippen molar-refractivity contribution in [2.24, 2.45) is 17.4 Å². The maximum atomic E-state index is 5.78. The molecule has 0 aliphatic carbocycles. The van der Waals surface area contributed by atoms with Crippen molar-refractivity contribution >= 4 is 45.2 Å². The molecule has 0 aromatic heterocycles. The van der Waals surface area contributed by atoms with Gasteiger partial charge in [0.25, 0.3) is 0 Å². The van der Waals surface area contributed by atoms with Crippen LogP contribution in [0.15, 0.2) is 0 Å². The van der Waals surface area contributed by atoms with Crippen molar-refractivity contribution in [1.82, 2.24) is 0 Å². The van der Waals surface area contributed by atoms with Crippen molar-refractivity contribution < 1.29 is 0 Å². The predicted octanol–water partition coefficient (Wildman–Crippen LogP) is 1.45. The number of alkyl halides is 2. The van der Waals surface area contributed by atoms with Gasteiger partial charge in [-0.05, 0) is 64.1 Å². The van der Waals surface area contributed by atoms with E-state index in [4.69, 9.17) is 11.5 Å². The van der Waals surface area contributed by atoms with Gasteiger partial charge >= 0.3 is 0 Å². The lowest BCUT2D eigenvalue weighted by Crippen LogP contribution is -2.33. The average Bonchev–Trinajstić information content (AvgIpc) is 1.64. The molecule has 0 bridgehead atoms. The molecule has 9 heavy (non-hydrogen) atoms. The molecule has 0 aliphatic heterocycles. The second-order valence-electron chi connectivity index (χ2n) is 2.15. The molecule has 0 saturated heterocycles. The van der Waals surface area contributed by atoms with Gasteiger partial charge in [0.05, 0.1) is 0 Å². The van der Waals surface area contributed by atoms with Gasteiger partial charge in [-0.1, -0.05) is 6.92 Å². The van der Waals surface area contributed by atoms with E-state index in [0.717, 1.165) is 13.0 Å². The van der Waals surface area contributed by atoms with Crippen LogP contribution >= 0.6 is 45.2 Å². The van der Waals surface area contributed by atoms with Crippen LogP contribution in [-0.2, 0) is 0 Å². The molecule has 0 saturated carbocycles. The average molecular weight is 354 g/mol. The monoisotopic (exact) mass is 354 g/mol. The number of hydrogen-bond acceptors (Lipinski definition) is 2. The minimum absolute atomic E-state index is 0.130. The van der Waals surface area contributed by atoms with Crippen molar-refractivity contribution in [3.63, 3.8) is 0 Å². The third kappa shape index (κ3) is 4.74. The molecule has 0 aliphatic rings. The van der Waals surface area contributed by atoms with Gasteiger partial charge in [-0.15, -0.1) is 0 Å². The predicted molar refractivity (Wildman–Crippen MR) is 57.8 cm³/mol. The van der Waals surface area contributed by atoms with Crippen LogP contribution in [0.2, 0.25) is 0 Å². The Labute approximate surface area is 83.4 Å². The standard InChI is InChI=1S/C5H12I2N2/c1-4(2-3-8)5(6,7)9/h4H,2-3,8-9H2,1H3. The molecule has 0 radical (unpaired) electrons. The minimum Gasteiger partial charge on any atom is -0.330 e. The zero-order valence-corrected chi connectivity index (χ0v) is 9.72. The summed E-state index contributed by atoms with van der Waals surface area (Å²) in [5.41, 5.74) is 11.1. The first kappa shape index (κ1) is 10.4. The Balaban J connectivity index is 3.59. The fourth-order valence-corrected chi connectivity index (χ4v) is 1.07. The molecule has 0 aromatic carbocycles. The topological polar surface area (TPSA) is 52.0 Å². The number of rotatable bonds is 3. The van der Waals surface area contributed by atoms with Gasteiger partial charge in [-0.25, -0.2) is 0 Å². The molecule has 0 rings (SSSR count). The fraction of sp³-hybridized carbons (Fsp3) is 1.00. The van der Waals surface area contributed by atoms with Crippen LogP contribution in [0.25, 0.3) is 0 Å².